The van der Waals surface area contributed by atoms with Gasteiger partial charge >= 0.3 is 18.4 Å². The lowest BCUT2D eigenvalue weighted by atomic mass is 10.2. The molecule has 2 heterocycles. The summed E-state index contributed by atoms with van der Waals surface area (Å²) in [5.74, 6) is -3.42. The van der Waals surface area contributed by atoms with Gasteiger partial charge in [0.2, 0.25) is 0 Å². The van der Waals surface area contributed by atoms with Crippen LogP contribution in [0.3, 0.4) is 0 Å². The van der Waals surface area contributed by atoms with Crippen molar-refractivity contribution in [3.8, 4) is 0 Å². The third-order valence-electron chi connectivity index (χ3n) is 4.68. The molecule has 2 aromatic rings. The van der Waals surface area contributed by atoms with Gasteiger partial charge in [-0.05, 0) is 23.8 Å². The predicted molar refractivity (Wildman–Crippen MR) is 110 cm³/mol. The number of benzene rings is 1. The smallest absolute Gasteiger partial charge is 0.330 e. The number of halogens is 4. The Bertz CT molecular complexity index is 895. The number of rotatable bonds is 9. The van der Waals surface area contributed by atoms with Crippen LogP contribution in [0.25, 0.3) is 0 Å². The van der Waals surface area contributed by atoms with E-state index in [-0.39, 0.29) is 13.2 Å². The number of urea groups is 1. The molecule has 0 bridgehead atoms. The number of hydrogen-bond acceptors (Lipinski definition) is 5. The predicted octanol–water partition coefficient (Wildman–Crippen LogP) is 3.66. The maximum Gasteiger partial charge on any atom is 0.330 e. The van der Waals surface area contributed by atoms with E-state index < -0.39 is 25.0 Å². The van der Waals surface area contributed by atoms with Gasteiger partial charge in [0.05, 0.1) is 19.8 Å². The first-order valence-corrected chi connectivity index (χ1v) is 9.99. The van der Waals surface area contributed by atoms with Crippen molar-refractivity contribution in [2.24, 2.45) is 0 Å². The molecular weight excluding hydrogens is 432 g/mol. The van der Waals surface area contributed by atoms with Crippen LogP contribution in [0.4, 0.5) is 33.9 Å². The third-order valence-corrected chi connectivity index (χ3v) is 4.68. The van der Waals surface area contributed by atoms with Gasteiger partial charge in [-0.3, -0.25) is 0 Å². The Morgan fingerprint density at radius 2 is 2.00 bits per heavy atom. The van der Waals surface area contributed by atoms with Crippen molar-refractivity contribution in [2.45, 2.75) is 25.5 Å². The highest BCUT2D eigenvalue weighted by Gasteiger charge is 2.40. The van der Waals surface area contributed by atoms with Crippen LogP contribution < -0.4 is 15.5 Å². The summed E-state index contributed by atoms with van der Waals surface area (Å²) in [6, 6.07) is 9.50. The molecule has 7 nitrogen and oxygen atoms in total. The fourth-order valence-electron chi connectivity index (χ4n) is 3.09. The van der Waals surface area contributed by atoms with Gasteiger partial charge in [-0.1, -0.05) is 18.2 Å². The molecule has 3 rings (SSSR count). The van der Waals surface area contributed by atoms with E-state index in [0.717, 1.165) is 11.4 Å². The Hall–Kier alpha value is -2.92. The Balaban J connectivity index is 1.51. The SMILES string of the molecule is O=C(NCc1cccnc1N1CCOCC1)Nc1cccc(COCC(F)(F)C(F)F)c1. The number of ether oxygens (including phenoxy) is 2. The number of pyridine rings is 1. The Labute approximate surface area is 182 Å². The van der Waals surface area contributed by atoms with E-state index >= 15 is 0 Å². The summed E-state index contributed by atoms with van der Waals surface area (Å²) in [6.07, 6.45) is -2.10. The average molecular weight is 456 g/mol. The molecule has 0 radical (unpaired) electrons. The van der Waals surface area contributed by atoms with E-state index in [0.29, 0.717) is 37.6 Å². The zero-order chi connectivity index (χ0) is 23.0. The van der Waals surface area contributed by atoms with Crippen LogP contribution >= 0.6 is 0 Å². The first-order valence-electron chi connectivity index (χ1n) is 9.99. The van der Waals surface area contributed by atoms with Gasteiger partial charge in [0.15, 0.2) is 0 Å². The standard InChI is InChI=1S/C21H24F4N4O3/c22-19(23)21(24,25)14-32-13-15-3-1-5-17(11-15)28-20(30)27-12-16-4-2-6-26-18(16)29-7-9-31-10-8-29/h1-6,11,19H,7-10,12-14H2,(H2,27,28,30). The Morgan fingerprint density at radius 3 is 2.75 bits per heavy atom. The summed E-state index contributed by atoms with van der Waals surface area (Å²) in [7, 11) is 0. The Morgan fingerprint density at radius 1 is 1.22 bits per heavy atom. The second-order valence-corrected chi connectivity index (χ2v) is 7.15. The minimum Gasteiger partial charge on any atom is -0.378 e. The fourth-order valence-corrected chi connectivity index (χ4v) is 3.09. The molecule has 0 spiro atoms. The molecule has 1 aromatic carbocycles. The maximum atomic E-state index is 12.9. The van der Waals surface area contributed by atoms with Gasteiger partial charge in [-0.15, -0.1) is 0 Å². The largest absolute Gasteiger partial charge is 0.378 e. The van der Waals surface area contributed by atoms with Crippen LogP contribution in [0.5, 0.6) is 0 Å². The van der Waals surface area contributed by atoms with Crippen LogP contribution in [0.15, 0.2) is 42.6 Å². The molecule has 0 unspecified atom stereocenters. The number of nitrogens with one attached hydrogen (secondary N) is 2. The van der Waals surface area contributed by atoms with Crippen molar-refractivity contribution in [3.05, 3.63) is 53.7 Å². The molecule has 32 heavy (non-hydrogen) atoms. The average Bonchev–Trinajstić information content (AvgIpc) is 2.78. The van der Waals surface area contributed by atoms with Crippen molar-refractivity contribution in [1.82, 2.24) is 10.3 Å². The molecule has 0 atom stereocenters. The highest BCUT2D eigenvalue weighted by atomic mass is 19.3. The number of hydrogen-bond donors (Lipinski definition) is 2. The molecule has 2 N–H and O–H groups in total. The molecule has 2 amide bonds. The molecule has 0 saturated carbocycles. The van der Waals surface area contributed by atoms with E-state index in [4.69, 9.17) is 9.47 Å². The van der Waals surface area contributed by atoms with Crippen LogP contribution in [-0.2, 0) is 22.6 Å². The number of amides is 2. The Kier molecular flexibility index (Phi) is 8.23. The van der Waals surface area contributed by atoms with Crippen LogP contribution in [0.2, 0.25) is 0 Å². The van der Waals surface area contributed by atoms with Crippen LogP contribution in [0, 0.1) is 0 Å². The molecule has 174 valence electrons. The van der Waals surface area contributed by atoms with Crippen molar-refractivity contribution < 1.29 is 31.8 Å². The molecule has 11 heteroatoms. The number of alkyl halides is 4. The van der Waals surface area contributed by atoms with Crippen molar-refractivity contribution in [2.75, 3.05) is 43.1 Å². The lowest BCUT2D eigenvalue weighted by molar-refractivity contribution is -0.168. The zero-order valence-electron chi connectivity index (χ0n) is 17.2. The topological polar surface area (TPSA) is 75.7 Å². The second-order valence-electron chi connectivity index (χ2n) is 7.15. The minimum atomic E-state index is -4.21. The summed E-state index contributed by atoms with van der Waals surface area (Å²) < 4.78 is 60.2. The van der Waals surface area contributed by atoms with E-state index in [2.05, 4.69) is 20.5 Å². The summed E-state index contributed by atoms with van der Waals surface area (Å²) in [5.41, 5.74) is 1.71. The molecule has 0 aliphatic carbocycles. The van der Waals surface area contributed by atoms with Gasteiger partial charge in [0.1, 0.15) is 12.4 Å². The van der Waals surface area contributed by atoms with E-state index in [1.165, 1.54) is 6.07 Å². The highest BCUT2D eigenvalue weighted by molar-refractivity contribution is 5.89. The molecule has 1 aliphatic rings. The van der Waals surface area contributed by atoms with E-state index in [1.54, 1.807) is 30.5 Å². The summed E-state index contributed by atoms with van der Waals surface area (Å²) in [4.78, 5) is 18.8. The first kappa shape index (κ1) is 23.7. The van der Waals surface area contributed by atoms with Gasteiger partial charge < -0.3 is 25.0 Å². The van der Waals surface area contributed by atoms with E-state index in [1.807, 2.05) is 6.07 Å². The molecule has 1 aromatic heterocycles. The highest BCUT2D eigenvalue weighted by Crippen LogP contribution is 2.23. The molecule has 1 aliphatic heterocycles. The quantitative estimate of drug-likeness (QED) is 0.564. The molecule has 1 fully saturated rings. The number of aromatic nitrogens is 1. The monoisotopic (exact) mass is 456 g/mol. The van der Waals surface area contributed by atoms with Gasteiger partial charge in [-0.25, -0.2) is 18.6 Å². The summed E-state index contributed by atoms with van der Waals surface area (Å²) >= 11 is 0. The van der Waals surface area contributed by atoms with Gasteiger partial charge in [0.25, 0.3) is 0 Å². The summed E-state index contributed by atoms with van der Waals surface area (Å²) in [6.45, 7) is 1.23. The van der Waals surface area contributed by atoms with Crippen molar-refractivity contribution in [1.29, 1.82) is 0 Å². The fraction of sp³-hybridized carbons (Fsp3) is 0.429. The number of nitrogens with zero attached hydrogens (tertiary/aromatic N) is 2. The minimum absolute atomic E-state index is 0.248. The molecule has 1 saturated heterocycles. The molecular formula is C21H24F4N4O3. The lowest BCUT2D eigenvalue weighted by Gasteiger charge is -2.29. The maximum absolute atomic E-state index is 12.9. The van der Waals surface area contributed by atoms with Crippen LogP contribution in [-0.4, -0.2) is 56.3 Å². The van der Waals surface area contributed by atoms with Gasteiger partial charge in [0, 0.05) is 37.1 Å². The second kappa shape index (κ2) is 11.1. The van der Waals surface area contributed by atoms with Gasteiger partial charge in [-0.2, -0.15) is 8.78 Å². The zero-order valence-corrected chi connectivity index (χ0v) is 17.2. The normalized spacial score (nSPS) is 14.5. The number of anilines is 2. The van der Waals surface area contributed by atoms with Crippen LogP contribution in [0.1, 0.15) is 11.1 Å². The number of carbonyl (C=O) groups excluding carboxylic acids is 1. The summed E-state index contributed by atoms with van der Waals surface area (Å²) in [5, 5.41) is 5.41. The lowest BCUT2D eigenvalue weighted by Crippen LogP contribution is -2.38. The number of carbonyl (C=O) groups is 1. The van der Waals surface area contributed by atoms with Crippen molar-refractivity contribution >= 4 is 17.5 Å². The first-order chi connectivity index (χ1) is 15.3. The van der Waals surface area contributed by atoms with E-state index in [9.17, 15) is 22.4 Å². The van der Waals surface area contributed by atoms with Crippen molar-refractivity contribution in [3.63, 3.8) is 0 Å². The third kappa shape index (κ3) is 6.79. The number of morpholine rings is 1.